The molecule has 3 nitrogen and oxygen atoms in total. The van der Waals surface area contributed by atoms with Crippen molar-refractivity contribution in [2.24, 2.45) is 11.8 Å². The summed E-state index contributed by atoms with van der Waals surface area (Å²) in [5.41, 5.74) is 1.10. The maximum atomic E-state index is 13.3. The third-order valence-electron chi connectivity index (χ3n) is 6.15. The van der Waals surface area contributed by atoms with E-state index in [9.17, 15) is 8.42 Å². The quantitative estimate of drug-likeness (QED) is 0.890. The van der Waals surface area contributed by atoms with Gasteiger partial charge in [0.2, 0.25) is 0 Å². The van der Waals surface area contributed by atoms with Crippen molar-refractivity contribution in [1.82, 2.24) is 5.32 Å². The molecule has 0 amide bonds. The Hall–Kier alpha value is -0.870. The maximum absolute atomic E-state index is 13.3. The van der Waals surface area contributed by atoms with Gasteiger partial charge in [0.25, 0.3) is 0 Å². The highest BCUT2D eigenvalue weighted by Crippen LogP contribution is 2.40. The number of rotatable bonds is 4. The fraction of sp³-hybridized carbons (Fsp3) is 0.700. The smallest absolute Gasteiger partial charge is 0.182 e. The lowest BCUT2D eigenvalue weighted by Gasteiger charge is -2.47. The van der Waals surface area contributed by atoms with Crippen LogP contribution in [0.3, 0.4) is 0 Å². The first-order valence-electron chi connectivity index (χ1n) is 9.50. The van der Waals surface area contributed by atoms with E-state index in [-0.39, 0.29) is 11.3 Å². The van der Waals surface area contributed by atoms with Crippen LogP contribution in [0, 0.1) is 18.8 Å². The molecule has 24 heavy (non-hydrogen) atoms. The van der Waals surface area contributed by atoms with Crippen LogP contribution in [0.5, 0.6) is 0 Å². The highest BCUT2D eigenvalue weighted by atomic mass is 32.2. The Morgan fingerprint density at radius 2 is 1.88 bits per heavy atom. The molecular weight excluding hydrogens is 318 g/mol. The van der Waals surface area contributed by atoms with Crippen molar-refractivity contribution in [3.63, 3.8) is 0 Å². The van der Waals surface area contributed by atoms with E-state index in [2.05, 4.69) is 19.2 Å². The summed E-state index contributed by atoms with van der Waals surface area (Å²) in [4.78, 5) is 0.489. The predicted molar refractivity (Wildman–Crippen MR) is 98.9 cm³/mol. The van der Waals surface area contributed by atoms with Gasteiger partial charge in [-0.3, -0.25) is 0 Å². The lowest BCUT2D eigenvalue weighted by atomic mass is 9.71. The molecule has 0 bridgehead atoms. The molecule has 3 rings (SSSR count). The van der Waals surface area contributed by atoms with Crippen molar-refractivity contribution >= 4 is 9.84 Å². The summed E-state index contributed by atoms with van der Waals surface area (Å²) in [6.07, 6.45) is 6.48. The van der Waals surface area contributed by atoms with Crippen LogP contribution in [0.25, 0.3) is 0 Å². The fourth-order valence-corrected chi connectivity index (χ4v) is 6.72. The van der Waals surface area contributed by atoms with Gasteiger partial charge >= 0.3 is 0 Å². The Bertz CT molecular complexity index is 653. The van der Waals surface area contributed by atoms with E-state index in [0.29, 0.717) is 22.8 Å². The lowest BCUT2D eigenvalue weighted by Crippen LogP contribution is -2.59. The van der Waals surface area contributed by atoms with Crippen molar-refractivity contribution in [3.05, 3.63) is 29.8 Å². The first kappa shape index (κ1) is 17.9. The zero-order valence-electron chi connectivity index (χ0n) is 15.2. The van der Waals surface area contributed by atoms with Gasteiger partial charge in [0.05, 0.1) is 10.1 Å². The van der Waals surface area contributed by atoms with E-state index in [1.165, 1.54) is 19.3 Å². The first-order valence-corrected chi connectivity index (χ1v) is 11.0. The molecule has 5 atom stereocenters. The molecule has 1 saturated carbocycles. The third-order valence-corrected chi connectivity index (χ3v) is 8.40. The number of hydrogen-bond acceptors (Lipinski definition) is 3. The van der Waals surface area contributed by atoms with Crippen LogP contribution >= 0.6 is 0 Å². The van der Waals surface area contributed by atoms with Crippen LogP contribution < -0.4 is 5.32 Å². The maximum Gasteiger partial charge on any atom is 0.182 e. The van der Waals surface area contributed by atoms with Gasteiger partial charge in [-0.2, -0.15) is 0 Å². The molecule has 0 spiro atoms. The van der Waals surface area contributed by atoms with Crippen LogP contribution in [0.4, 0.5) is 0 Å². The Kier molecular flexibility index (Phi) is 5.36. The molecular formula is C20H31NO2S. The SMILES string of the molecule is CCC[C@@H]1N[C@@H]2CCC[C@@H](C)[C@@H]2C[C@H]1S(=O)(=O)c1ccc(C)cc1. The van der Waals surface area contributed by atoms with Gasteiger partial charge < -0.3 is 5.32 Å². The summed E-state index contributed by atoms with van der Waals surface area (Å²) >= 11 is 0. The number of nitrogens with one attached hydrogen (secondary N) is 1. The lowest BCUT2D eigenvalue weighted by molar-refractivity contribution is 0.124. The predicted octanol–water partition coefficient (Wildman–Crippen LogP) is 4.10. The largest absolute Gasteiger partial charge is 0.310 e. The van der Waals surface area contributed by atoms with Crippen molar-refractivity contribution in [2.75, 3.05) is 0 Å². The molecule has 1 aromatic carbocycles. The van der Waals surface area contributed by atoms with Crippen molar-refractivity contribution in [2.45, 2.75) is 81.5 Å². The molecule has 1 aliphatic heterocycles. The third kappa shape index (κ3) is 3.41. The van der Waals surface area contributed by atoms with Crippen LogP contribution in [-0.4, -0.2) is 25.8 Å². The molecule has 1 N–H and O–H groups in total. The Morgan fingerprint density at radius 1 is 1.17 bits per heavy atom. The van der Waals surface area contributed by atoms with Crippen LogP contribution in [0.2, 0.25) is 0 Å². The molecule has 1 aliphatic carbocycles. The molecule has 1 aromatic rings. The Labute approximate surface area is 147 Å². The Balaban J connectivity index is 1.91. The summed E-state index contributed by atoms with van der Waals surface area (Å²) < 4.78 is 26.6. The van der Waals surface area contributed by atoms with Gasteiger partial charge in [0, 0.05) is 12.1 Å². The minimum absolute atomic E-state index is 0.0906. The highest BCUT2D eigenvalue weighted by molar-refractivity contribution is 7.92. The normalized spacial score (nSPS) is 33.9. The molecule has 134 valence electrons. The molecule has 1 saturated heterocycles. The van der Waals surface area contributed by atoms with E-state index < -0.39 is 9.84 Å². The average Bonchev–Trinajstić information content (AvgIpc) is 2.55. The number of fused-ring (bicyclic) bond motifs is 1. The van der Waals surface area contributed by atoms with Gasteiger partial charge in [-0.1, -0.05) is 50.8 Å². The van der Waals surface area contributed by atoms with Crippen molar-refractivity contribution in [1.29, 1.82) is 0 Å². The monoisotopic (exact) mass is 349 g/mol. The van der Waals surface area contributed by atoms with Crippen molar-refractivity contribution in [3.8, 4) is 0 Å². The summed E-state index contributed by atoms with van der Waals surface area (Å²) in [5, 5.41) is 3.46. The second-order valence-electron chi connectivity index (χ2n) is 7.87. The van der Waals surface area contributed by atoms with Gasteiger partial charge in [0.15, 0.2) is 9.84 Å². The van der Waals surface area contributed by atoms with Gasteiger partial charge in [-0.15, -0.1) is 0 Å². The van der Waals surface area contributed by atoms with E-state index in [0.717, 1.165) is 24.8 Å². The molecule has 2 aliphatic rings. The molecule has 4 heteroatoms. The minimum atomic E-state index is -3.29. The molecule has 1 heterocycles. The topological polar surface area (TPSA) is 46.2 Å². The zero-order valence-corrected chi connectivity index (χ0v) is 16.0. The molecule has 0 aromatic heterocycles. The van der Waals surface area contributed by atoms with Gasteiger partial charge in [0.1, 0.15) is 0 Å². The van der Waals surface area contributed by atoms with Crippen LogP contribution in [0.15, 0.2) is 29.2 Å². The van der Waals surface area contributed by atoms with E-state index >= 15 is 0 Å². The average molecular weight is 350 g/mol. The van der Waals surface area contributed by atoms with Crippen LogP contribution in [0.1, 0.15) is 57.9 Å². The fourth-order valence-electron chi connectivity index (χ4n) is 4.73. The minimum Gasteiger partial charge on any atom is -0.310 e. The Morgan fingerprint density at radius 3 is 2.54 bits per heavy atom. The van der Waals surface area contributed by atoms with Gasteiger partial charge in [-0.05, 0) is 50.2 Å². The zero-order chi connectivity index (χ0) is 17.3. The second kappa shape index (κ2) is 7.17. The van der Waals surface area contributed by atoms with E-state index in [1.54, 1.807) is 12.1 Å². The number of aryl methyl sites for hydroxylation is 1. The number of piperidine rings is 1. The van der Waals surface area contributed by atoms with Crippen molar-refractivity contribution < 1.29 is 8.42 Å². The molecule has 2 fully saturated rings. The van der Waals surface area contributed by atoms with Crippen LogP contribution in [-0.2, 0) is 9.84 Å². The number of benzene rings is 1. The number of sulfone groups is 1. The first-order chi connectivity index (χ1) is 11.4. The van der Waals surface area contributed by atoms with E-state index in [1.807, 2.05) is 19.1 Å². The standard InChI is InChI=1S/C20H31NO2S/c1-4-6-19-20(13-17-15(3)7-5-8-18(17)21-19)24(22,23)16-11-9-14(2)10-12-16/h9-12,15,17-21H,4-8,13H2,1-3H3/t15-,17+,18-,19+,20-/m1/s1. The molecule has 0 unspecified atom stereocenters. The number of hydrogen-bond donors (Lipinski definition) is 1. The molecule has 0 radical (unpaired) electrons. The van der Waals surface area contributed by atoms with Gasteiger partial charge in [-0.25, -0.2) is 8.42 Å². The second-order valence-corrected chi connectivity index (χ2v) is 10.0. The summed E-state index contributed by atoms with van der Waals surface area (Å²) in [6.45, 7) is 6.44. The summed E-state index contributed by atoms with van der Waals surface area (Å²) in [7, 11) is -3.29. The summed E-state index contributed by atoms with van der Waals surface area (Å²) in [5.74, 6) is 1.12. The van der Waals surface area contributed by atoms with E-state index in [4.69, 9.17) is 0 Å². The highest BCUT2D eigenvalue weighted by Gasteiger charge is 2.45. The summed E-state index contributed by atoms with van der Waals surface area (Å²) in [6, 6.07) is 7.98.